The molecule has 0 fully saturated rings. The maximum atomic E-state index is 11.1. The van der Waals surface area contributed by atoms with Crippen LogP contribution < -0.4 is 5.56 Å². The van der Waals surface area contributed by atoms with Crippen LogP contribution in [0.1, 0.15) is 5.56 Å². The molecule has 1 aromatic rings. The molecule has 0 spiro atoms. The van der Waals surface area contributed by atoms with Crippen LogP contribution in [0.4, 0.5) is 0 Å². The maximum Gasteiger partial charge on any atom is 0.293 e. The predicted octanol–water partition coefficient (Wildman–Crippen LogP) is 0.148. The number of aromatic amines is 2. The minimum atomic E-state index is -0.252. The first kappa shape index (κ1) is 9.66. The van der Waals surface area contributed by atoms with Crippen LogP contribution in [-0.4, -0.2) is 23.0 Å². The zero-order valence-corrected chi connectivity index (χ0v) is 7.52. The van der Waals surface area contributed by atoms with Crippen molar-refractivity contribution in [2.45, 2.75) is 6.42 Å². The molecule has 0 radical (unpaired) electrons. The molecule has 70 valence electrons. The average Bonchev–Trinajstić information content (AvgIpc) is 2.09. The summed E-state index contributed by atoms with van der Waals surface area (Å²) < 4.78 is 4.73. The van der Waals surface area contributed by atoms with E-state index in [0.29, 0.717) is 18.5 Å². The summed E-state index contributed by atoms with van der Waals surface area (Å²) in [5, 5.41) is 0. The minimum Gasteiger partial charge on any atom is -0.468 e. The van der Waals surface area contributed by atoms with Crippen molar-refractivity contribution in [1.82, 2.24) is 9.97 Å². The van der Waals surface area contributed by atoms with Gasteiger partial charge in [-0.25, -0.2) is 0 Å². The Morgan fingerprint density at radius 2 is 2.38 bits per heavy atom. The number of hydrogen-bond acceptors (Lipinski definition) is 4. The molecule has 0 saturated heterocycles. The lowest BCUT2D eigenvalue weighted by Gasteiger charge is -1.97. The molecule has 0 aromatic carbocycles. The summed E-state index contributed by atoms with van der Waals surface area (Å²) in [6, 6.07) is 0. The topological polar surface area (TPSA) is 75.0 Å². The number of nitrogens with one attached hydrogen (secondary N) is 2. The number of ether oxygens (including phenoxy) is 1. The Bertz CT molecular complexity index is 395. The van der Waals surface area contributed by atoms with Gasteiger partial charge in [-0.15, -0.1) is 0 Å². The second kappa shape index (κ2) is 4.56. The number of carbonyl (C=O) groups excluding carboxylic acids is 1. The van der Waals surface area contributed by atoms with Crippen molar-refractivity contribution in [3.63, 3.8) is 0 Å². The van der Waals surface area contributed by atoms with E-state index in [1.807, 2.05) is 0 Å². The third kappa shape index (κ3) is 2.83. The number of aromatic nitrogens is 2. The summed E-state index contributed by atoms with van der Waals surface area (Å²) in [5.41, 5.74) is 0.258. The molecule has 13 heavy (non-hydrogen) atoms. The normalized spacial score (nSPS) is 9.54. The van der Waals surface area contributed by atoms with Crippen molar-refractivity contribution >= 4 is 18.7 Å². The van der Waals surface area contributed by atoms with Gasteiger partial charge in [-0.3, -0.25) is 14.6 Å². The molecule has 0 aliphatic rings. The largest absolute Gasteiger partial charge is 0.468 e. The standard InChI is InChI=1S/C7H8N2O3S/c10-4-12-2-1-5-3-8-7(13)9-6(5)11/h3-4H,1-2H2,(H2,8,9,11,13). The average molecular weight is 200 g/mol. The second-order valence-corrected chi connectivity index (χ2v) is 2.72. The first-order valence-corrected chi connectivity index (χ1v) is 4.01. The molecule has 2 N–H and O–H groups in total. The number of carbonyl (C=O) groups is 1. The van der Waals surface area contributed by atoms with Crippen molar-refractivity contribution in [2.24, 2.45) is 0 Å². The number of rotatable bonds is 4. The highest BCUT2D eigenvalue weighted by atomic mass is 32.1. The summed E-state index contributed by atoms with van der Waals surface area (Å²) in [6.07, 6.45) is 1.88. The second-order valence-electron chi connectivity index (χ2n) is 2.31. The Kier molecular flexibility index (Phi) is 3.39. The van der Waals surface area contributed by atoms with Crippen molar-refractivity contribution in [3.05, 3.63) is 26.9 Å². The molecule has 1 heterocycles. The van der Waals surface area contributed by atoms with Gasteiger partial charge in [0.15, 0.2) is 4.77 Å². The molecule has 5 nitrogen and oxygen atoms in total. The van der Waals surface area contributed by atoms with E-state index in [0.717, 1.165) is 0 Å². The van der Waals surface area contributed by atoms with E-state index in [-0.39, 0.29) is 16.9 Å². The van der Waals surface area contributed by atoms with E-state index in [1.165, 1.54) is 6.20 Å². The molecular weight excluding hydrogens is 192 g/mol. The van der Waals surface area contributed by atoms with Gasteiger partial charge in [0, 0.05) is 18.2 Å². The van der Waals surface area contributed by atoms with Gasteiger partial charge in [0.25, 0.3) is 12.0 Å². The first-order chi connectivity index (χ1) is 6.24. The molecule has 0 saturated carbocycles. The van der Waals surface area contributed by atoms with Crippen molar-refractivity contribution in [3.8, 4) is 0 Å². The first-order valence-electron chi connectivity index (χ1n) is 3.60. The molecule has 1 rings (SSSR count). The van der Waals surface area contributed by atoms with Gasteiger partial charge >= 0.3 is 0 Å². The van der Waals surface area contributed by atoms with Crippen LogP contribution >= 0.6 is 12.2 Å². The SMILES string of the molecule is O=COCCc1c[nH]c(=S)[nH]c1=O. The van der Waals surface area contributed by atoms with Crippen LogP contribution in [0.5, 0.6) is 0 Å². The fourth-order valence-electron chi connectivity index (χ4n) is 0.840. The molecular formula is C7H8N2O3S. The summed E-state index contributed by atoms with van der Waals surface area (Å²) in [6.45, 7) is 0.538. The van der Waals surface area contributed by atoms with Gasteiger partial charge < -0.3 is 9.72 Å². The summed E-state index contributed by atoms with van der Waals surface area (Å²) in [5.74, 6) is 0. The third-order valence-corrected chi connectivity index (χ3v) is 1.67. The molecule has 0 atom stereocenters. The smallest absolute Gasteiger partial charge is 0.293 e. The molecule has 6 heteroatoms. The van der Waals surface area contributed by atoms with Crippen LogP contribution in [0.3, 0.4) is 0 Å². The van der Waals surface area contributed by atoms with E-state index in [4.69, 9.17) is 12.2 Å². The van der Waals surface area contributed by atoms with Gasteiger partial charge in [-0.1, -0.05) is 0 Å². The van der Waals surface area contributed by atoms with Crippen LogP contribution in [-0.2, 0) is 16.0 Å². The molecule has 1 aromatic heterocycles. The molecule has 0 amide bonds. The Morgan fingerprint density at radius 3 is 3.00 bits per heavy atom. The van der Waals surface area contributed by atoms with Crippen molar-refractivity contribution in [2.75, 3.05) is 6.61 Å². The zero-order valence-electron chi connectivity index (χ0n) is 6.70. The van der Waals surface area contributed by atoms with E-state index in [9.17, 15) is 9.59 Å². The fraction of sp³-hybridized carbons (Fsp3) is 0.286. The van der Waals surface area contributed by atoms with Gasteiger partial charge in [0.1, 0.15) is 0 Å². The fourth-order valence-corrected chi connectivity index (χ4v) is 0.992. The Balaban J connectivity index is 2.72. The lowest BCUT2D eigenvalue weighted by Crippen LogP contribution is -2.15. The van der Waals surface area contributed by atoms with E-state index in [1.54, 1.807) is 0 Å². The van der Waals surface area contributed by atoms with Gasteiger partial charge in [-0.05, 0) is 12.2 Å². The Labute approximate surface area is 78.8 Å². The van der Waals surface area contributed by atoms with Gasteiger partial charge in [0.05, 0.1) is 6.61 Å². The van der Waals surface area contributed by atoms with Crippen LogP contribution in [0.15, 0.2) is 11.0 Å². The van der Waals surface area contributed by atoms with E-state index in [2.05, 4.69) is 14.7 Å². The highest BCUT2D eigenvalue weighted by Gasteiger charge is 1.98. The van der Waals surface area contributed by atoms with Crippen LogP contribution in [0.25, 0.3) is 0 Å². The summed E-state index contributed by atoms with van der Waals surface area (Å²) >= 11 is 4.70. The zero-order chi connectivity index (χ0) is 9.68. The molecule has 0 aliphatic heterocycles. The highest BCUT2D eigenvalue weighted by Crippen LogP contribution is 1.89. The lowest BCUT2D eigenvalue weighted by molar-refractivity contribution is -0.128. The quantitative estimate of drug-likeness (QED) is 0.412. The van der Waals surface area contributed by atoms with Crippen molar-refractivity contribution in [1.29, 1.82) is 0 Å². The Morgan fingerprint density at radius 1 is 1.62 bits per heavy atom. The highest BCUT2D eigenvalue weighted by molar-refractivity contribution is 7.71. The predicted molar refractivity (Wildman–Crippen MR) is 48.0 cm³/mol. The third-order valence-electron chi connectivity index (χ3n) is 1.45. The Hall–Kier alpha value is -1.43. The summed E-state index contributed by atoms with van der Waals surface area (Å²) in [7, 11) is 0. The van der Waals surface area contributed by atoms with Crippen molar-refractivity contribution < 1.29 is 9.53 Å². The monoisotopic (exact) mass is 200 g/mol. The lowest BCUT2D eigenvalue weighted by atomic mass is 10.2. The summed E-state index contributed by atoms with van der Waals surface area (Å²) in [4.78, 5) is 26.1. The van der Waals surface area contributed by atoms with Crippen LogP contribution in [0, 0.1) is 4.77 Å². The maximum absolute atomic E-state index is 11.1. The minimum absolute atomic E-state index is 0.192. The van der Waals surface area contributed by atoms with Gasteiger partial charge in [0.2, 0.25) is 0 Å². The molecule has 0 unspecified atom stereocenters. The molecule has 0 aliphatic carbocycles. The number of hydrogen-bond donors (Lipinski definition) is 2. The van der Waals surface area contributed by atoms with Crippen LogP contribution in [0.2, 0.25) is 0 Å². The molecule has 0 bridgehead atoms. The van der Waals surface area contributed by atoms with E-state index < -0.39 is 0 Å². The van der Waals surface area contributed by atoms with Gasteiger partial charge in [-0.2, -0.15) is 0 Å². The number of H-pyrrole nitrogens is 2. The van der Waals surface area contributed by atoms with E-state index >= 15 is 0 Å².